The van der Waals surface area contributed by atoms with Crippen LogP contribution in [-0.2, 0) is 9.53 Å². The topological polar surface area (TPSA) is 52.3 Å². The van der Waals surface area contributed by atoms with Gasteiger partial charge in [-0.1, -0.05) is 13.3 Å². The van der Waals surface area contributed by atoms with Crippen LogP contribution in [0.25, 0.3) is 0 Å². The van der Waals surface area contributed by atoms with Gasteiger partial charge >= 0.3 is 5.97 Å². The molecule has 4 atom stereocenters. The number of fused-ring (bicyclic) bond motifs is 1. The molecule has 2 rings (SSSR count). The molecule has 0 bridgehead atoms. The highest BCUT2D eigenvalue weighted by molar-refractivity contribution is 5.77. The number of esters is 1. The predicted molar refractivity (Wildman–Crippen MR) is 67.3 cm³/mol. The molecule has 2 aliphatic carbocycles. The van der Waals surface area contributed by atoms with E-state index in [0.29, 0.717) is 18.4 Å². The third kappa shape index (κ3) is 2.35. The van der Waals surface area contributed by atoms with Gasteiger partial charge in [-0.15, -0.1) is 0 Å². The quantitative estimate of drug-likeness (QED) is 0.752. The van der Waals surface area contributed by atoms with Crippen molar-refractivity contribution >= 4 is 5.97 Å². The van der Waals surface area contributed by atoms with Crippen molar-refractivity contribution in [2.75, 3.05) is 6.54 Å². The Bertz CT molecular complexity index is 321. The van der Waals surface area contributed by atoms with Crippen molar-refractivity contribution in [2.24, 2.45) is 28.9 Å². The molecule has 0 aromatic carbocycles. The van der Waals surface area contributed by atoms with E-state index < -0.39 is 0 Å². The third-order valence-electron chi connectivity index (χ3n) is 4.40. The number of nitrogens with two attached hydrogens (primary N) is 1. The van der Waals surface area contributed by atoms with Crippen LogP contribution in [0.3, 0.4) is 0 Å². The van der Waals surface area contributed by atoms with E-state index in [2.05, 4.69) is 6.92 Å². The maximum absolute atomic E-state index is 12.1. The van der Waals surface area contributed by atoms with Gasteiger partial charge in [-0.25, -0.2) is 0 Å². The summed E-state index contributed by atoms with van der Waals surface area (Å²) in [6.45, 7) is 8.71. The van der Waals surface area contributed by atoms with E-state index in [9.17, 15) is 4.79 Å². The molecule has 0 aromatic heterocycles. The number of hydrogen-bond acceptors (Lipinski definition) is 3. The standard InChI is InChI=1S/C14H25NO2/c1-13(2,3)17-12(16)10-9-6-5-7-14(4,8-15)11(9)10/h9-11H,5-8,15H2,1-4H3. The lowest BCUT2D eigenvalue weighted by Crippen LogP contribution is -2.33. The molecule has 4 unspecified atom stereocenters. The number of hydrogen-bond donors (Lipinski definition) is 1. The summed E-state index contributed by atoms with van der Waals surface area (Å²) >= 11 is 0. The minimum Gasteiger partial charge on any atom is -0.460 e. The maximum atomic E-state index is 12.1. The van der Waals surface area contributed by atoms with Gasteiger partial charge in [0.05, 0.1) is 5.92 Å². The highest BCUT2D eigenvalue weighted by Crippen LogP contribution is 2.63. The number of ether oxygens (including phenoxy) is 1. The van der Waals surface area contributed by atoms with Crippen LogP contribution in [0.2, 0.25) is 0 Å². The Labute approximate surface area is 104 Å². The first-order valence-corrected chi connectivity index (χ1v) is 6.71. The van der Waals surface area contributed by atoms with Crippen LogP contribution in [0, 0.1) is 23.2 Å². The molecule has 0 aliphatic heterocycles. The lowest BCUT2D eigenvalue weighted by molar-refractivity contribution is -0.157. The van der Waals surface area contributed by atoms with Gasteiger partial charge in [0.1, 0.15) is 5.60 Å². The number of carbonyl (C=O) groups excluding carboxylic acids is 1. The second-order valence-corrected chi connectivity index (χ2v) is 7.00. The summed E-state index contributed by atoms with van der Waals surface area (Å²) < 4.78 is 5.51. The minimum atomic E-state index is -0.373. The summed E-state index contributed by atoms with van der Waals surface area (Å²) in [4.78, 5) is 12.1. The van der Waals surface area contributed by atoms with E-state index in [-0.39, 0.29) is 22.9 Å². The molecule has 3 nitrogen and oxygen atoms in total. The molecule has 0 amide bonds. The molecular formula is C14H25NO2. The van der Waals surface area contributed by atoms with Crippen LogP contribution in [0.5, 0.6) is 0 Å². The van der Waals surface area contributed by atoms with E-state index in [4.69, 9.17) is 10.5 Å². The zero-order valence-corrected chi connectivity index (χ0v) is 11.5. The van der Waals surface area contributed by atoms with Crippen LogP contribution in [0.15, 0.2) is 0 Å². The molecule has 0 aromatic rings. The lowest BCUT2D eigenvalue weighted by Gasteiger charge is -2.32. The van der Waals surface area contributed by atoms with E-state index >= 15 is 0 Å². The van der Waals surface area contributed by atoms with Crippen LogP contribution >= 0.6 is 0 Å². The van der Waals surface area contributed by atoms with E-state index in [0.717, 1.165) is 6.42 Å². The van der Waals surface area contributed by atoms with Gasteiger partial charge in [-0.05, 0) is 57.4 Å². The molecule has 0 radical (unpaired) electrons. The number of carbonyl (C=O) groups is 1. The summed E-state index contributed by atoms with van der Waals surface area (Å²) in [6.07, 6.45) is 3.53. The maximum Gasteiger partial charge on any atom is 0.310 e. The average molecular weight is 239 g/mol. The van der Waals surface area contributed by atoms with Crippen LogP contribution < -0.4 is 5.73 Å². The Kier molecular flexibility index (Phi) is 3.01. The molecule has 2 fully saturated rings. The monoisotopic (exact) mass is 239 g/mol. The summed E-state index contributed by atoms with van der Waals surface area (Å²) in [5, 5.41) is 0. The van der Waals surface area contributed by atoms with Crippen molar-refractivity contribution in [3.8, 4) is 0 Å². The molecule has 17 heavy (non-hydrogen) atoms. The van der Waals surface area contributed by atoms with Crippen molar-refractivity contribution in [1.82, 2.24) is 0 Å². The fourth-order valence-corrected chi connectivity index (χ4v) is 3.52. The molecule has 2 aliphatic rings. The third-order valence-corrected chi connectivity index (χ3v) is 4.40. The highest BCUT2D eigenvalue weighted by Gasteiger charge is 2.64. The van der Waals surface area contributed by atoms with Gasteiger partial charge in [0, 0.05) is 0 Å². The average Bonchev–Trinajstić information content (AvgIpc) is 2.91. The number of rotatable bonds is 2. The van der Waals surface area contributed by atoms with Crippen molar-refractivity contribution < 1.29 is 9.53 Å². The van der Waals surface area contributed by atoms with Gasteiger partial charge in [-0.3, -0.25) is 4.79 Å². The summed E-state index contributed by atoms with van der Waals surface area (Å²) in [7, 11) is 0. The summed E-state index contributed by atoms with van der Waals surface area (Å²) in [5.41, 5.74) is 5.68. The Morgan fingerprint density at radius 2 is 2.12 bits per heavy atom. The van der Waals surface area contributed by atoms with Gasteiger partial charge in [0.15, 0.2) is 0 Å². The molecular weight excluding hydrogens is 214 g/mol. The lowest BCUT2D eigenvalue weighted by atomic mass is 9.75. The van der Waals surface area contributed by atoms with Crippen molar-refractivity contribution in [3.63, 3.8) is 0 Å². The van der Waals surface area contributed by atoms with E-state index in [1.807, 2.05) is 20.8 Å². The summed E-state index contributed by atoms with van der Waals surface area (Å²) in [5.74, 6) is 1.11. The van der Waals surface area contributed by atoms with Crippen LogP contribution in [0.1, 0.15) is 47.0 Å². The Hall–Kier alpha value is -0.570. The SMILES string of the molecule is CC(C)(C)OC(=O)C1C2CCCC(C)(CN)C21. The van der Waals surface area contributed by atoms with Gasteiger partial charge in [0.2, 0.25) is 0 Å². The highest BCUT2D eigenvalue weighted by atomic mass is 16.6. The second kappa shape index (κ2) is 3.98. The zero-order chi connectivity index (χ0) is 12.8. The minimum absolute atomic E-state index is 0.00549. The zero-order valence-electron chi connectivity index (χ0n) is 11.5. The Balaban J connectivity index is 2.04. The van der Waals surface area contributed by atoms with Gasteiger partial charge < -0.3 is 10.5 Å². The van der Waals surface area contributed by atoms with E-state index in [1.54, 1.807) is 0 Å². The molecule has 2 saturated carbocycles. The molecule has 0 saturated heterocycles. The predicted octanol–water partition coefficient (Wildman–Crippen LogP) is 2.34. The van der Waals surface area contributed by atoms with Crippen LogP contribution in [-0.4, -0.2) is 18.1 Å². The fourth-order valence-electron chi connectivity index (χ4n) is 3.52. The second-order valence-electron chi connectivity index (χ2n) is 7.00. The molecule has 98 valence electrons. The normalized spacial score (nSPS) is 40.6. The van der Waals surface area contributed by atoms with Gasteiger partial charge in [-0.2, -0.15) is 0 Å². The molecule has 0 spiro atoms. The first kappa shape index (κ1) is 12.9. The smallest absolute Gasteiger partial charge is 0.310 e. The first-order valence-electron chi connectivity index (χ1n) is 6.71. The summed E-state index contributed by atoms with van der Waals surface area (Å²) in [6, 6.07) is 0. The largest absolute Gasteiger partial charge is 0.460 e. The van der Waals surface area contributed by atoms with Crippen molar-refractivity contribution in [1.29, 1.82) is 0 Å². The van der Waals surface area contributed by atoms with E-state index in [1.165, 1.54) is 12.8 Å². The Morgan fingerprint density at radius 3 is 2.65 bits per heavy atom. The van der Waals surface area contributed by atoms with Gasteiger partial charge in [0.25, 0.3) is 0 Å². The molecule has 2 N–H and O–H groups in total. The van der Waals surface area contributed by atoms with Crippen LogP contribution in [0.4, 0.5) is 0 Å². The molecule has 3 heteroatoms. The molecule has 0 heterocycles. The first-order chi connectivity index (χ1) is 7.78. The fraction of sp³-hybridized carbons (Fsp3) is 0.929. The Morgan fingerprint density at radius 1 is 1.47 bits per heavy atom. The van der Waals surface area contributed by atoms with Crippen molar-refractivity contribution in [2.45, 2.75) is 52.6 Å². The van der Waals surface area contributed by atoms with Crippen molar-refractivity contribution in [3.05, 3.63) is 0 Å².